The van der Waals surface area contributed by atoms with Gasteiger partial charge >= 0.3 is 18.1 Å². The van der Waals surface area contributed by atoms with Crippen LogP contribution in [-0.2, 0) is 9.53 Å². The van der Waals surface area contributed by atoms with Crippen LogP contribution in [0, 0.1) is 7.11 Å². The smallest absolute Gasteiger partial charge is 0.457 e. The number of alkyl halides is 5. The lowest BCUT2D eigenvalue weighted by atomic mass is 10.3. The summed E-state index contributed by atoms with van der Waals surface area (Å²) in [5, 5.41) is 0. The Bertz CT molecular complexity index is 160. The van der Waals surface area contributed by atoms with E-state index in [0.717, 1.165) is 0 Å². The van der Waals surface area contributed by atoms with Crippen molar-refractivity contribution in [3.05, 3.63) is 7.11 Å². The second kappa shape index (κ2) is 2.63. The molecule has 0 bridgehead atoms. The second-order valence-electron chi connectivity index (χ2n) is 1.50. The molecule has 0 fully saturated rings. The number of hydrogen-bond acceptors (Lipinski definition) is 2. The van der Waals surface area contributed by atoms with Gasteiger partial charge in [0.15, 0.2) is 0 Å². The Labute approximate surface area is 57.9 Å². The maximum absolute atomic E-state index is 11.7. The highest BCUT2D eigenvalue weighted by atomic mass is 19.4. The molecular formula is C4H2F5O2. The zero-order chi connectivity index (χ0) is 9.28. The number of carbonyl (C=O) groups is 1. The van der Waals surface area contributed by atoms with Gasteiger partial charge in [0.05, 0.1) is 0 Å². The van der Waals surface area contributed by atoms with Crippen molar-refractivity contribution in [1.82, 2.24) is 0 Å². The van der Waals surface area contributed by atoms with Crippen LogP contribution >= 0.6 is 0 Å². The van der Waals surface area contributed by atoms with E-state index in [4.69, 9.17) is 0 Å². The number of ether oxygens (including phenoxy) is 1. The van der Waals surface area contributed by atoms with Crippen molar-refractivity contribution in [2.24, 2.45) is 0 Å². The van der Waals surface area contributed by atoms with Crippen LogP contribution in [-0.4, -0.2) is 18.1 Å². The van der Waals surface area contributed by atoms with E-state index in [2.05, 4.69) is 11.8 Å². The van der Waals surface area contributed by atoms with Crippen LogP contribution < -0.4 is 0 Å². The van der Waals surface area contributed by atoms with Crippen LogP contribution in [0.2, 0.25) is 0 Å². The van der Waals surface area contributed by atoms with Crippen LogP contribution in [0.25, 0.3) is 0 Å². The molecule has 1 radical (unpaired) electrons. The van der Waals surface area contributed by atoms with Crippen LogP contribution in [0.4, 0.5) is 22.0 Å². The van der Waals surface area contributed by atoms with Crippen LogP contribution in [0.15, 0.2) is 0 Å². The van der Waals surface area contributed by atoms with Crippen molar-refractivity contribution in [1.29, 1.82) is 0 Å². The molecule has 0 spiro atoms. The van der Waals surface area contributed by atoms with E-state index in [0.29, 0.717) is 0 Å². The summed E-state index contributed by atoms with van der Waals surface area (Å²) in [4.78, 5) is 9.73. The number of rotatable bonds is 1. The molecule has 0 N–H and O–H groups in total. The third-order valence-electron chi connectivity index (χ3n) is 0.743. The average Bonchev–Trinajstić information content (AvgIpc) is 1.83. The Morgan fingerprint density at radius 2 is 1.55 bits per heavy atom. The SMILES string of the molecule is [CH2]OC(=O)C(F)(F)C(F)(F)F. The lowest BCUT2D eigenvalue weighted by molar-refractivity contribution is -0.278. The predicted octanol–water partition coefficient (Wildman–Crippen LogP) is 1.52. The fraction of sp³-hybridized carbons (Fsp3) is 0.500. The second-order valence-corrected chi connectivity index (χ2v) is 1.50. The van der Waals surface area contributed by atoms with Gasteiger partial charge in [0, 0.05) is 0 Å². The maximum atomic E-state index is 11.7. The van der Waals surface area contributed by atoms with E-state index in [-0.39, 0.29) is 0 Å². The zero-order valence-electron chi connectivity index (χ0n) is 4.91. The van der Waals surface area contributed by atoms with Gasteiger partial charge in [0.1, 0.15) is 7.11 Å². The summed E-state index contributed by atoms with van der Waals surface area (Å²) >= 11 is 0. The minimum absolute atomic E-state index is 2.14. The minimum atomic E-state index is -5.93. The first-order chi connectivity index (χ1) is 4.73. The normalized spacial score (nSPS) is 12.9. The molecule has 0 saturated carbocycles. The summed E-state index contributed by atoms with van der Waals surface area (Å²) in [6.07, 6.45) is -5.93. The zero-order valence-corrected chi connectivity index (χ0v) is 4.91. The van der Waals surface area contributed by atoms with Gasteiger partial charge in [-0.2, -0.15) is 22.0 Å². The molecule has 0 aromatic heterocycles. The quantitative estimate of drug-likeness (QED) is 0.448. The molecule has 0 amide bonds. The largest absolute Gasteiger partial charge is 0.465 e. The van der Waals surface area contributed by atoms with Gasteiger partial charge in [-0.15, -0.1) is 0 Å². The van der Waals surface area contributed by atoms with Gasteiger partial charge in [-0.25, -0.2) is 4.79 Å². The molecule has 0 aromatic rings. The number of carbonyl (C=O) groups excluding carboxylic acids is 1. The van der Waals surface area contributed by atoms with Crippen LogP contribution in [0.5, 0.6) is 0 Å². The first kappa shape index (κ1) is 10.1. The fourth-order valence-electron chi connectivity index (χ4n) is 0.206. The Morgan fingerprint density at radius 3 is 1.64 bits per heavy atom. The molecule has 0 unspecified atom stereocenters. The molecule has 0 aromatic carbocycles. The molecule has 0 aliphatic carbocycles. The highest BCUT2D eigenvalue weighted by Crippen LogP contribution is 2.36. The number of esters is 1. The third-order valence-corrected chi connectivity index (χ3v) is 0.743. The molecule has 7 heteroatoms. The molecule has 0 heterocycles. The van der Waals surface area contributed by atoms with Gasteiger partial charge in [-0.3, -0.25) is 0 Å². The Hall–Kier alpha value is -0.880. The Balaban J connectivity index is 4.59. The summed E-state index contributed by atoms with van der Waals surface area (Å²) in [7, 11) is 2.14. The van der Waals surface area contributed by atoms with E-state index in [1.54, 1.807) is 0 Å². The molecule has 2 nitrogen and oxygen atoms in total. The lowest BCUT2D eigenvalue weighted by Crippen LogP contribution is -2.44. The van der Waals surface area contributed by atoms with Gasteiger partial charge in [-0.05, 0) is 0 Å². The summed E-state index contributed by atoms with van der Waals surface area (Å²) in [5.41, 5.74) is 0. The standard InChI is InChI=1S/C4H2F5O2/c1-11-2(10)3(5,6)4(7,8)9/h1H2. The van der Waals surface area contributed by atoms with E-state index in [1.165, 1.54) is 0 Å². The molecular weight excluding hydrogens is 175 g/mol. The van der Waals surface area contributed by atoms with Crippen molar-refractivity contribution in [2.45, 2.75) is 12.1 Å². The van der Waals surface area contributed by atoms with Gasteiger partial charge in [0.25, 0.3) is 0 Å². The van der Waals surface area contributed by atoms with Crippen molar-refractivity contribution < 1.29 is 31.5 Å². The van der Waals surface area contributed by atoms with E-state index >= 15 is 0 Å². The maximum Gasteiger partial charge on any atom is 0.465 e. The highest BCUT2D eigenvalue weighted by molar-refractivity contribution is 5.78. The minimum Gasteiger partial charge on any atom is -0.457 e. The Morgan fingerprint density at radius 1 is 1.18 bits per heavy atom. The summed E-state index contributed by atoms with van der Waals surface area (Å²) in [6.45, 7) is 0. The van der Waals surface area contributed by atoms with Crippen molar-refractivity contribution >= 4 is 5.97 Å². The van der Waals surface area contributed by atoms with Gasteiger partial charge in [-0.1, -0.05) is 0 Å². The van der Waals surface area contributed by atoms with E-state index in [9.17, 15) is 26.7 Å². The first-order valence-corrected chi connectivity index (χ1v) is 2.14. The van der Waals surface area contributed by atoms with Gasteiger partial charge in [0.2, 0.25) is 0 Å². The summed E-state index contributed by atoms with van der Waals surface area (Å²) < 4.78 is 59.9. The molecule has 11 heavy (non-hydrogen) atoms. The summed E-state index contributed by atoms with van der Waals surface area (Å²) in [5.74, 6) is -8.20. The molecule has 0 aliphatic rings. The third kappa shape index (κ3) is 1.78. The molecule has 0 rings (SSSR count). The van der Waals surface area contributed by atoms with E-state index < -0.39 is 18.1 Å². The van der Waals surface area contributed by atoms with Crippen molar-refractivity contribution in [2.75, 3.05) is 0 Å². The van der Waals surface area contributed by atoms with Gasteiger partial charge < -0.3 is 4.74 Å². The number of halogens is 5. The average molecular weight is 177 g/mol. The van der Waals surface area contributed by atoms with Crippen molar-refractivity contribution in [3.8, 4) is 0 Å². The summed E-state index contributed by atoms with van der Waals surface area (Å²) in [6, 6.07) is 0. The number of hydrogen-bond donors (Lipinski definition) is 0. The fourth-order valence-corrected chi connectivity index (χ4v) is 0.206. The highest BCUT2D eigenvalue weighted by Gasteiger charge is 2.64. The van der Waals surface area contributed by atoms with E-state index in [1.807, 2.05) is 0 Å². The van der Waals surface area contributed by atoms with Crippen LogP contribution in [0.1, 0.15) is 0 Å². The predicted molar refractivity (Wildman–Crippen MR) is 22.5 cm³/mol. The molecule has 0 saturated heterocycles. The van der Waals surface area contributed by atoms with Crippen molar-refractivity contribution in [3.63, 3.8) is 0 Å². The topological polar surface area (TPSA) is 26.3 Å². The monoisotopic (exact) mass is 177 g/mol. The molecule has 65 valence electrons. The Kier molecular flexibility index (Phi) is 2.42. The molecule has 0 aliphatic heterocycles. The van der Waals surface area contributed by atoms with Crippen LogP contribution in [0.3, 0.4) is 0 Å². The first-order valence-electron chi connectivity index (χ1n) is 2.14. The lowest BCUT2D eigenvalue weighted by Gasteiger charge is -2.15. The molecule has 0 atom stereocenters.